The first-order chi connectivity index (χ1) is 7.95. The first-order valence-corrected chi connectivity index (χ1v) is 4.84. The lowest BCUT2D eigenvalue weighted by atomic mass is 10.2. The minimum atomic E-state index is -1.08. The molecule has 0 aliphatic carbocycles. The topological polar surface area (TPSA) is 116 Å². The van der Waals surface area contributed by atoms with E-state index in [1.54, 1.807) is 0 Å². The van der Waals surface area contributed by atoms with Gasteiger partial charge in [0.1, 0.15) is 0 Å². The fourth-order valence-electron chi connectivity index (χ4n) is 0.718. The van der Waals surface area contributed by atoms with E-state index in [9.17, 15) is 14.9 Å². The summed E-state index contributed by atoms with van der Waals surface area (Å²) in [6.07, 6.45) is 0. The number of amides is 1. The third-order valence-electron chi connectivity index (χ3n) is 1.43. The van der Waals surface area contributed by atoms with Crippen molar-refractivity contribution >= 4 is 18.5 Å². The molecule has 7 nitrogen and oxygen atoms in total. The summed E-state index contributed by atoms with van der Waals surface area (Å²) in [7, 11) is 0. The SMILES string of the molecule is NC(=O)CO[N+](=O)[O-].OCc1ccc(S)cc1. The summed E-state index contributed by atoms with van der Waals surface area (Å²) >= 11 is 4.09. The van der Waals surface area contributed by atoms with Crippen molar-refractivity contribution < 1.29 is 19.8 Å². The molecule has 1 amide bonds. The summed E-state index contributed by atoms with van der Waals surface area (Å²) in [6.45, 7) is -0.568. The van der Waals surface area contributed by atoms with Gasteiger partial charge in [-0.25, -0.2) is 0 Å². The first-order valence-electron chi connectivity index (χ1n) is 4.40. The number of aliphatic hydroxyl groups excluding tert-OH is 1. The van der Waals surface area contributed by atoms with Crippen molar-refractivity contribution in [2.24, 2.45) is 5.73 Å². The molecule has 0 aliphatic heterocycles. The van der Waals surface area contributed by atoms with Crippen LogP contribution in [0.3, 0.4) is 0 Å². The number of thiol groups is 1. The molecule has 0 saturated carbocycles. The fraction of sp³-hybridized carbons (Fsp3) is 0.222. The second-order valence-electron chi connectivity index (χ2n) is 2.79. The molecular weight excluding hydrogens is 248 g/mol. The maximum Gasteiger partial charge on any atom is 0.295 e. The molecule has 0 atom stereocenters. The zero-order valence-corrected chi connectivity index (χ0v) is 9.67. The van der Waals surface area contributed by atoms with E-state index in [1.165, 1.54) is 0 Å². The Morgan fingerprint density at radius 3 is 2.29 bits per heavy atom. The van der Waals surface area contributed by atoms with Crippen LogP contribution in [0.15, 0.2) is 29.2 Å². The number of nitrogens with zero attached hydrogens (tertiary/aromatic N) is 1. The Labute approximate surface area is 103 Å². The van der Waals surface area contributed by atoms with Crippen LogP contribution in [0.5, 0.6) is 0 Å². The minimum absolute atomic E-state index is 0.105. The zero-order chi connectivity index (χ0) is 13.3. The number of nitrogens with two attached hydrogens (primary N) is 1. The summed E-state index contributed by atoms with van der Waals surface area (Å²) in [5, 5.41) is 16.8. The molecule has 0 spiro atoms. The number of carbonyl (C=O) groups is 1. The molecule has 3 N–H and O–H groups in total. The van der Waals surface area contributed by atoms with Crippen molar-refractivity contribution in [3.05, 3.63) is 39.9 Å². The number of carbonyl (C=O) groups excluding carboxylic acids is 1. The van der Waals surface area contributed by atoms with E-state index in [1.807, 2.05) is 24.3 Å². The molecule has 0 unspecified atom stereocenters. The summed E-state index contributed by atoms with van der Waals surface area (Å²) < 4.78 is 0. The number of hydrogen-bond donors (Lipinski definition) is 3. The van der Waals surface area contributed by atoms with Gasteiger partial charge in [-0.3, -0.25) is 4.79 Å². The predicted molar refractivity (Wildman–Crippen MR) is 61.8 cm³/mol. The van der Waals surface area contributed by atoms with Gasteiger partial charge in [0.15, 0.2) is 6.61 Å². The van der Waals surface area contributed by atoms with Crippen LogP contribution in [0, 0.1) is 10.1 Å². The molecule has 0 aliphatic rings. The van der Waals surface area contributed by atoms with Gasteiger partial charge in [0, 0.05) is 4.90 Å². The van der Waals surface area contributed by atoms with Gasteiger partial charge < -0.3 is 15.7 Å². The van der Waals surface area contributed by atoms with Crippen LogP contribution in [0.25, 0.3) is 0 Å². The molecule has 17 heavy (non-hydrogen) atoms. The summed E-state index contributed by atoms with van der Waals surface area (Å²) in [5.41, 5.74) is 5.40. The minimum Gasteiger partial charge on any atom is -0.392 e. The van der Waals surface area contributed by atoms with E-state index in [4.69, 9.17) is 5.11 Å². The quantitative estimate of drug-likeness (QED) is 0.405. The van der Waals surface area contributed by atoms with Crippen molar-refractivity contribution in [1.82, 2.24) is 0 Å². The fourth-order valence-corrected chi connectivity index (χ4v) is 0.867. The predicted octanol–water partition coefficient (Wildman–Crippen LogP) is 0.148. The molecule has 0 saturated heterocycles. The van der Waals surface area contributed by atoms with Crippen LogP contribution in [0.2, 0.25) is 0 Å². The van der Waals surface area contributed by atoms with Crippen molar-refractivity contribution in [3.8, 4) is 0 Å². The Morgan fingerprint density at radius 2 is 2.00 bits per heavy atom. The van der Waals surface area contributed by atoms with Crippen molar-refractivity contribution in [3.63, 3.8) is 0 Å². The lowest BCUT2D eigenvalue weighted by molar-refractivity contribution is -0.754. The number of primary amides is 1. The molecule has 1 rings (SSSR count). The molecule has 0 radical (unpaired) electrons. The van der Waals surface area contributed by atoms with Gasteiger partial charge in [-0.1, -0.05) is 12.1 Å². The molecule has 0 fully saturated rings. The van der Waals surface area contributed by atoms with Gasteiger partial charge in [0.2, 0.25) is 5.91 Å². The molecule has 8 heteroatoms. The molecule has 94 valence electrons. The van der Waals surface area contributed by atoms with Crippen LogP contribution >= 0.6 is 12.6 Å². The highest BCUT2D eigenvalue weighted by atomic mass is 32.1. The Kier molecular flexibility index (Phi) is 7.48. The molecule has 0 aromatic heterocycles. The second-order valence-corrected chi connectivity index (χ2v) is 3.30. The third-order valence-corrected chi connectivity index (χ3v) is 1.73. The summed E-state index contributed by atoms with van der Waals surface area (Å²) in [5.74, 6) is -0.860. The molecule has 1 aromatic carbocycles. The molecule has 1 aromatic rings. The standard InChI is InChI=1S/C7H8OS.C2H4N2O4/c8-5-6-1-3-7(9)4-2-6;3-2(5)1-8-4(6)7/h1-4,8-9H,5H2;1H2,(H2,3,5). The number of hydrogen-bond acceptors (Lipinski definition) is 6. The van der Waals surface area contributed by atoms with Crippen LogP contribution in [-0.4, -0.2) is 22.7 Å². The van der Waals surface area contributed by atoms with Gasteiger partial charge >= 0.3 is 0 Å². The van der Waals surface area contributed by atoms with E-state index in [0.717, 1.165) is 10.5 Å². The average Bonchev–Trinajstić information content (AvgIpc) is 2.28. The number of benzene rings is 1. The van der Waals surface area contributed by atoms with E-state index in [-0.39, 0.29) is 6.61 Å². The normalized spacial score (nSPS) is 8.82. The molecule has 0 heterocycles. The summed E-state index contributed by atoms with van der Waals surface area (Å²) in [6, 6.07) is 7.41. The Morgan fingerprint density at radius 1 is 1.47 bits per heavy atom. The van der Waals surface area contributed by atoms with Gasteiger partial charge in [-0.05, 0) is 17.7 Å². The van der Waals surface area contributed by atoms with E-state index in [0.29, 0.717) is 0 Å². The van der Waals surface area contributed by atoms with Crippen LogP contribution in [0.1, 0.15) is 5.56 Å². The van der Waals surface area contributed by atoms with Gasteiger partial charge in [0.25, 0.3) is 5.09 Å². The van der Waals surface area contributed by atoms with E-state index < -0.39 is 17.6 Å². The third kappa shape index (κ3) is 9.15. The van der Waals surface area contributed by atoms with Gasteiger partial charge in [-0.15, -0.1) is 22.7 Å². The molecular formula is C9H12N2O5S. The highest BCUT2D eigenvalue weighted by Crippen LogP contribution is 2.06. The monoisotopic (exact) mass is 260 g/mol. The van der Waals surface area contributed by atoms with Gasteiger partial charge in [-0.2, -0.15) is 0 Å². The van der Waals surface area contributed by atoms with E-state index >= 15 is 0 Å². The first kappa shape index (κ1) is 15.2. The average molecular weight is 260 g/mol. The maximum absolute atomic E-state index is 9.70. The summed E-state index contributed by atoms with van der Waals surface area (Å²) in [4.78, 5) is 23.5. The van der Waals surface area contributed by atoms with Gasteiger partial charge in [0.05, 0.1) is 6.61 Å². The van der Waals surface area contributed by atoms with Crippen molar-refractivity contribution in [2.75, 3.05) is 6.61 Å². The van der Waals surface area contributed by atoms with Crippen molar-refractivity contribution in [1.29, 1.82) is 0 Å². The Hall–Kier alpha value is -1.80. The lowest BCUT2D eigenvalue weighted by Gasteiger charge is -1.93. The van der Waals surface area contributed by atoms with Crippen molar-refractivity contribution in [2.45, 2.75) is 11.5 Å². The zero-order valence-electron chi connectivity index (χ0n) is 8.78. The number of rotatable bonds is 4. The second kappa shape index (κ2) is 8.36. The van der Waals surface area contributed by atoms with E-state index in [2.05, 4.69) is 23.2 Å². The largest absolute Gasteiger partial charge is 0.392 e. The Bertz CT molecular complexity index is 354. The lowest BCUT2D eigenvalue weighted by Crippen LogP contribution is -2.20. The van der Waals surface area contributed by atoms with Crippen LogP contribution in [0.4, 0.5) is 0 Å². The number of aliphatic hydroxyl groups is 1. The van der Waals surface area contributed by atoms with Crippen LogP contribution in [-0.2, 0) is 16.2 Å². The smallest absolute Gasteiger partial charge is 0.295 e. The Balaban J connectivity index is 0.000000304. The highest BCUT2D eigenvalue weighted by molar-refractivity contribution is 7.80. The molecule has 0 bridgehead atoms. The highest BCUT2D eigenvalue weighted by Gasteiger charge is 1.96. The maximum atomic E-state index is 9.70. The van der Waals surface area contributed by atoms with Crippen LogP contribution < -0.4 is 5.73 Å².